The molecule has 0 aromatic heterocycles. The highest BCUT2D eigenvalue weighted by molar-refractivity contribution is 7.99. The molecule has 0 aliphatic carbocycles. The number of halogens is 2. The quantitative estimate of drug-likeness (QED) is 0.731. The number of hydrogen-bond donors (Lipinski definition) is 1. The molecule has 0 aliphatic rings. The number of thioether (sulfide) groups is 1. The second-order valence-corrected chi connectivity index (χ2v) is 6.20. The average molecular weight is 354 g/mol. The molecule has 0 spiro atoms. The summed E-state index contributed by atoms with van der Waals surface area (Å²) in [5, 5.41) is 3.47. The van der Waals surface area contributed by atoms with Crippen LogP contribution in [0.3, 0.4) is 0 Å². The van der Waals surface area contributed by atoms with Gasteiger partial charge in [0.2, 0.25) is 5.91 Å². The zero-order valence-electron chi connectivity index (χ0n) is 12.4. The molecule has 2 rings (SSSR count). The van der Waals surface area contributed by atoms with Crippen molar-refractivity contribution in [3.63, 3.8) is 0 Å². The van der Waals surface area contributed by atoms with Crippen LogP contribution < -0.4 is 10.1 Å². The maximum Gasteiger partial charge on any atom is 0.230 e. The third-order valence-corrected chi connectivity index (χ3v) is 4.16. The molecule has 1 N–H and O–H groups in total. The van der Waals surface area contributed by atoms with Gasteiger partial charge >= 0.3 is 0 Å². The lowest BCUT2D eigenvalue weighted by Gasteiger charge is -2.08. The minimum absolute atomic E-state index is 0.0493. The van der Waals surface area contributed by atoms with Gasteiger partial charge in [0, 0.05) is 16.8 Å². The van der Waals surface area contributed by atoms with Crippen molar-refractivity contribution in [2.45, 2.75) is 5.75 Å². The van der Waals surface area contributed by atoms with Gasteiger partial charge in [0.1, 0.15) is 18.2 Å². The van der Waals surface area contributed by atoms with Gasteiger partial charge in [-0.1, -0.05) is 29.8 Å². The van der Waals surface area contributed by atoms with E-state index in [-0.39, 0.29) is 11.7 Å². The molecule has 0 radical (unpaired) electrons. The van der Waals surface area contributed by atoms with Crippen LogP contribution in [-0.4, -0.2) is 24.8 Å². The lowest BCUT2D eigenvalue weighted by Crippen LogP contribution is -2.29. The number of carbonyl (C=O) groups excluding carboxylic acids is 1. The van der Waals surface area contributed by atoms with Crippen LogP contribution in [0.2, 0.25) is 5.02 Å². The lowest BCUT2D eigenvalue weighted by molar-refractivity contribution is -0.118. The molecule has 0 saturated carbocycles. The van der Waals surface area contributed by atoms with E-state index in [2.05, 4.69) is 5.32 Å². The molecule has 122 valence electrons. The fourth-order valence-electron chi connectivity index (χ4n) is 1.81. The second kappa shape index (κ2) is 9.43. The van der Waals surface area contributed by atoms with Crippen molar-refractivity contribution in [2.24, 2.45) is 0 Å². The first-order valence-corrected chi connectivity index (χ1v) is 8.64. The Kier molecular flexibility index (Phi) is 7.23. The van der Waals surface area contributed by atoms with Gasteiger partial charge in [-0.15, -0.1) is 11.8 Å². The fraction of sp³-hybridized carbons (Fsp3) is 0.235. The molecule has 0 bridgehead atoms. The molecule has 2 aromatic rings. The van der Waals surface area contributed by atoms with E-state index >= 15 is 0 Å². The number of ether oxygens (including phenoxy) is 1. The van der Waals surface area contributed by atoms with Crippen LogP contribution >= 0.6 is 23.4 Å². The van der Waals surface area contributed by atoms with Crippen LogP contribution in [-0.2, 0) is 10.5 Å². The van der Waals surface area contributed by atoms with Gasteiger partial charge in [0.15, 0.2) is 0 Å². The number of carbonyl (C=O) groups is 1. The van der Waals surface area contributed by atoms with Gasteiger partial charge in [-0.3, -0.25) is 4.79 Å². The minimum Gasteiger partial charge on any atom is -0.492 e. The van der Waals surface area contributed by atoms with Crippen molar-refractivity contribution < 1.29 is 13.9 Å². The standard InChI is InChI=1S/C17H17ClFNO2S/c18-14-6-4-13(5-7-14)11-23-12-17(21)20-8-9-22-16-3-1-2-15(19)10-16/h1-7,10H,8-9,11-12H2,(H,20,21). The first-order chi connectivity index (χ1) is 11.1. The minimum atomic E-state index is -0.342. The fourth-order valence-corrected chi connectivity index (χ4v) is 2.75. The largest absolute Gasteiger partial charge is 0.492 e. The van der Waals surface area contributed by atoms with Gasteiger partial charge < -0.3 is 10.1 Å². The zero-order valence-corrected chi connectivity index (χ0v) is 14.0. The van der Waals surface area contributed by atoms with Crippen molar-refractivity contribution in [3.8, 4) is 5.75 Å². The van der Waals surface area contributed by atoms with Crippen LogP contribution in [0.5, 0.6) is 5.75 Å². The average Bonchev–Trinajstić information content (AvgIpc) is 2.54. The summed E-state index contributed by atoms with van der Waals surface area (Å²) in [5.74, 6) is 1.20. The summed E-state index contributed by atoms with van der Waals surface area (Å²) >= 11 is 7.35. The number of rotatable bonds is 8. The van der Waals surface area contributed by atoms with E-state index in [1.54, 1.807) is 12.1 Å². The summed E-state index contributed by atoms with van der Waals surface area (Å²) in [6.07, 6.45) is 0. The van der Waals surface area contributed by atoms with Gasteiger partial charge in [-0.2, -0.15) is 0 Å². The van der Waals surface area contributed by atoms with Crippen molar-refractivity contribution >= 4 is 29.3 Å². The molecule has 0 unspecified atom stereocenters. The van der Waals surface area contributed by atoms with Gasteiger partial charge in [-0.25, -0.2) is 4.39 Å². The van der Waals surface area contributed by atoms with Gasteiger partial charge in [0.25, 0.3) is 0 Å². The zero-order chi connectivity index (χ0) is 16.5. The van der Waals surface area contributed by atoms with Crippen molar-refractivity contribution in [1.82, 2.24) is 5.32 Å². The van der Waals surface area contributed by atoms with Gasteiger partial charge in [0.05, 0.1) is 12.3 Å². The monoisotopic (exact) mass is 353 g/mol. The maximum atomic E-state index is 12.9. The number of hydrogen-bond acceptors (Lipinski definition) is 3. The Bertz CT molecular complexity index is 637. The second-order valence-electron chi connectivity index (χ2n) is 4.78. The predicted octanol–water partition coefficient (Wildman–Crippen LogP) is 3.91. The third kappa shape index (κ3) is 6.93. The number of amides is 1. The molecule has 0 atom stereocenters. The highest BCUT2D eigenvalue weighted by atomic mass is 35.5. The molecular weight excluding hydrogens is 337 g/mol. The van der Waals surface area contributed by atoms with Crippen LogP contribution in [0.15, 0.2) is 48.5 Å². The number of nitrogens with one attached hydrogen (secondary N) is 1. The van der Waals surface area contributed by atoms with E-state index in [9.17, 15) is 9.18 Å². The summed E-state index contributed by atoms with van der Waals surface area (Å²) in [7, 11) is 0. The first-order valence-electron chi connectivity index (χ1n) is 7.11. The first kappa shape index (κ1) is 17.6. The lowest BCUT2D eigenvalue weighted by atomic mass is 10.2. The summed E-state index contributed by atoms with van der Waals surface area (Å²) in [6.45, 7) is 0.688. The van der Waals surface area contributed by atoms with Crippen molar-refractivity contribution in [1.29, 1.82) is 0 Å². The number of benzene rings is 2. The molecule has 0 saturated heterocycles. The molecule has 0 heterocycles. The summed E-state index contributed by atoms with van der Waals surface area (Å²) in [6, 6.07) is 13.5. The summed E-state index contributed by atoms with van der Waals surface area (Å²) in [5.41, 5.74) is 1.13. The Morgan fingerprint density at radius 2 is 2.00 bits per heavy atom. The van der Waals surface area contributed by atoms with Crippen molar-refractivity contribution in [2.75, 3.05) is 18.9 Å². The summed E-state index contributed by atoms with van der Waals surface area (Å²) in [4.78, 5) is 11.7. The van der Waals surface area contributed by atoms with Crippen LogP contribution in [0.4, 0.5) is 4.39 Å². The van der Waals surface area contributed by atoms with Crippen LogP contribution in [0.25, 0.3) is 0 Å². The van der Waals surface area contributed by atoms with Crippen molar-refractivity contribution in [3.05, 3.63) is 64.9 Å². The van der Waals surface area contributed by atoms with Crippen LogP contribution in [0, 0.1) is 5.82 Å². The van der Waals surface area contributed by atoms with Gasteiger partial charge in [-0.05, 0) is 29.8 Å². The Morgan fingerprint density at radius 3 is 2.74 bits per heavy atom. The smallest absolute Gasteiger partial charge is 0.230 e. The SMILES string of the molecule is O=C(CSCc1ccc(Cl)cc1)NCCOc1cccc(F)c1. The maximum absolute atomic E-state index is 12.9. The molecule has 1 amide bonds. The third-order valence-electron chi connectivity index (χ3n) is 2.90. The van der Waals surface area contributed by atoms with E-state index in [4.69, 9.17) is 16.3 Å². The van der Waals surface area contributed by atoms with E-state index < -0.39 is 0 Å². The Balaban J connectivity index is 1.57. The molecule has 3 nitrogen and oxygen atoms in total. The summed E-state index contributed by atoms with van der Waals surface area (Å²) < 4.78 is 18.3. The van der Waals surface area contributed by atoms with Crippen LogP contribution in [0.1, 0.15) is 5.56 Å². The molecule has 23 heavy (non-hydrogen) atoms. The molecule has 2 aromatic carbocycles. The predicted molar refractivity (Wildman–Crippen MR) is 92.5 cm³/mol. The Labute approximate surface area is 144 Å². The van der Waals surface area contributed by atoms with E-state index in [1.165, 1.54) is 23.9 Å². The Morgan fingerprint density at radius 1 is 1.22 bits per heavy atom. The highest BCUT2D eigenvalue weighted by Gasteiger charge is 2.02. The molecular formula is C17H17ClFNO2S. The topological polar surface area (TPSA) is 38.3 Å². The normalized spacial score (nSPS) is 10.3. The highest BCUT2D eigenvalue weighted by Crippen LogP contribution is 2.15. The van der Waals surface area contributed by atoms with E-state index in [0.29, 0.717) is 29.7 Å². The van der Waals surface area contributed by atoms with E-state index in [0.717, 1.165) is 11.3 Å². The Hall–Kier alpha value is -1.72. The molecule has 0 fully saturated rings. The van der Waals surface area contributed by atoms with E-state index in [1.807, 2.05) is 24.3 Å². The molecule has 6 heteroatoms. The molecule has 0 aliphatic heterocycles.